The third kappa shape index (κ3) is 3.94. The van der Waals surface area contributed by atoms with Crippen LogP contribution in [0.15, 0.2) is 63.7 Å². The SMILES string of the molecule is CC1=NC2=C(C=C(/C=C/c3cccs3)C=CC2CCCCO)C1(C)C. The van der Waals surface area contributed by atoms with Crippen molar-refractivity contribution < 1.29 is 5.11 Å². The summed E-state index contributed by atoms with van der Waals surface area (Å²) < 4.78 is 0. The zero-order valence-electron chi connectivity index (χ0n) is 15.3. The molecule has 3 rings (SSSR count). The Kier molecular flexibility index (Phi) is 5.55. The molecule has 0 amide bonds. The van der Waals surface area contributed by atoms with Crippen LogP contribution in [0.4, 0.5) is 0 Å². The number of hydrogen-bond donors (Lipinski definition) is 1. The van der Waals surface area contributed by atoms with E-state index in [1.54, 1.807) is 11.3 Å². The van der Waals surface area contributed by atoms with Crippen LogP contribution in [0.25, 0.3) is 6.08 Å². The van der Waals surface area contributed by atoms with Crippen LogP contribution in [0.3, 0.4) is 0 Å². The van der Waals surface area contributed by atoms with Crippen molar-refractivity contribution >= 4 is 23.1 Å². The van der Waals surface area contributed by atoms with Gasteiger partial charge < -0.3 is 5.11 Å². The molecule has 0 saturated carbocycles. The Morgan fingerprint density at radius 2 is 2.12 bits per heavy atom. The number of hydrogen-bond acceptors (Lipinski definition) is 3. The molecule has 25 heavy (non-hydrogen) atoms. The van der Waals surface area contributed by atoms with Crippen LogP contribution in [0.2, 0.25) is 0 Å². The summed E-state index contributed by atoms with van der Waals surface area (Å²) in [6.07, 6.45) is 14.1. The van der Waals surface area contributed by atoms with Gasteiger partial charge in [0.1, 0.15) is 0 Å². The lowest BCUT2D eigenvalue weighted by Crippen LogP contribution is -2.20. The van der Waals surface area contributed by atoms with E-state index in [4.69, 9.17) is 10.1 Å². The molecule has 1 N–H and O–H groups in total. The van der Waals surface area contributed by atoms with Gasteiger partial charge in [-0.2, -0.15) is 0 Å². The minimum absolute atomic E-state index is 0.0153. The molecule has 0 aromatic carbocycles. The number of rotatable bonds is 6. The Morgan fingerprint density at radius 3 is 2.84 bits per heavy atom. The van der Waals surface area contributed by atoms with Crippen molar-refractivity contribution in [1.29, 1.82) is 0 Å². The lowest BCUT2D eigenvalue weighted by molar-refractivity contribution is 0.281. The molecule has 2 aliphatic rings. The molecular formula is C22H27NOS. The highest BCUT2D eigenvalue weighted by atomic mass is 32.1. The molecular weight excluding hydrogens is 326 g/mol. The van der Waals surface area contributed by atoms with E-state index in [1.807, 2.05) is 0 Å². The zero-order valence-corrected chi connectivity index (χ0v) is 16.1. The average Bonchev–Trinajstić information content (AvgIpc) is 3.12. The Balaban J connectivity index is 1.91. The van der Waals surface area contributed by atoms with Gasteiger partial charge in [0, 0.05) is 28.5 Å². The summed E-state index contributed by atoms with van der Waals surface area (Å²) in [5, 5.41) is 11.2. The van der Waals surface area contributed by atoms with Crippen LogP contribution in [0.1, 0.15) is 44.9 Å². The molecule has 1 aliphatic heterocycles. The van der Waals surface area contributed by atoms with Crippen LogP contribution >= 0.6 is 11.3 Å². The fourth-order valence-electron chi connectivity index (χ4n) is 3.34. The highest BCUT2D eigenvalue weighted by molar-refractivity contribution is 7.10. The van der Waals surface area contributed by atoms with Crippen LogP contribution in [0, 0.1) is 11.3 Å². The molecule has 2 nitrogen and oxygen atoms in total. The van der Waals surface area contributed by atoms with Gasteiger partial charge in [-0.1, -0.05) is 44.6 Å². The van der Waals surface area contributed by atoms with Gasteiger partial charge in [-0.25, -0.2) is 0 Å². The molecule has 1 aromatic rings. The fourth-order valence-corrected chi connectivity index (χ4v) is 3.96. The van der Waals surface area contributed by atoms with Crippen LogP contribution in [-0.4, -0.2) is 17.4 Å². The fraction of sp³-hybridized carbons (Fsp3) is 0.409. The van der Waals surface area contributed by atoms with Gasteiger partial charge in [-0.15, -0.1) is 11.3 Å². The molecule has 1 atom stereocenters. The van der Waals surface area contributed by atoms with Crippen molar-refractivity contribution in [3.05, 3.63) is 63.5 Å². The lowest BCUT2D eigenvalue weighted by atomic mass is 9.79. The van der Waals surface area contributed by atoms with Crippen LogP contribution in [-0.2, 0) is 0 Å². The van der Waals surface area contributed by atoms with Crippen LogP contribution in [0.5, 0.6) is 0 Å². The van der Waals surface area contributed by atoms with Crippen molar-refractivity contribution in [1.82, 2.24) is 0 Å². The predicted molar refractivity (Wildman–Crippen MR) is 109 cm³/mol. The van der Waals surface area contributed by atoms with E-state index in [9.17, 15) is 0 Å². The second kappa shape index (κ2) is 7.67. The van der Waals surface area contributed by atoms with Gasteiger partial charge in [0.15, 0.2) is 0 Å². The van der Waals surface area contributed by atoms with Crippen molar-refractivity contribution in [2.75, 3.05) is 6.61 Å². The summed E-state index contributed by atoms with van der Waals surface area (Å²) in [6, 6.07) is 4.22. The van der Waals surface area contributed by atoms with Gasteiger partial charge in [0.2, 0.25) is 0 Å². The van der Waals surface area contributed by atoms with Crippen molar-refractivity contribution in [3.63, 3.8) is 0 Å². The topological polar surface area (TPSA) is 32.6 Å². The normalized spacial score (nSPS) is 22.2. The van der Waals surface area contributed by atoms with Gasteiger partial charge in [-0.05, 0) is 54.5 Å². The molecule has 0 bridgehead atoms. The summed E-state index contributed by atoms with van der Waals surface area (Å²) >= 11 is 1.75. The maximum Gasteiger partial charge on any atom is 0.0513 e. The number of allylic oxidation sites excluding steroid dienone is 6. The van der Waals surface area contributed by atoms with E-state index < -0.39 is 0 Å². The second-order valence-electron chi connectivity index (χ2n) is 7.30. The molecule has 1 aromatic heterocycles. The van der Waals surface area contributed by atoms with Gasteiger partial charge >= 0.3 is 0 Å². The minimum atomic E-state index is -0.0153. The molecule has 1 unspecified atom stereocenters. The average molecular weight is 354 g/mol. The lowest BCUT2D eigenvalue weighted by Gasteiger charge is -2.22. The van der Waals surface area contributed by atoms with E-state index in [1.165, 1.54) is 27.4 Å². The number of aliphatic hydroxyl groups excluding tert-OH is 1. The number of aliphatic hydroxyl groups is 1. The summed E-state index contributed by atoms with van der Waals surface area (Å²) in [5.41, 5.74) is 4.96. The van der Waals surface area contributed by atoms with Gasteiger partial charge in [0.25, 0.3) is 0 Å². The molecule has 2 heterocycles. The van der Waals surface area contributed by atoms with Crippen molar-refractivity contribution in [2.24, 2.45) is 16.3 Å². The largest absolute Gasteiger partial charge is 0.396 e. The first-order valence-electron chi connectivity index (χ1n) is 9.05. The van der Waals surface area contributed by atoms with Crippen molar-refractivity contribution in [2.45, 2.75) is 40.0 Å². The zero-order chi connectivity index (χ0) is 17.9. The number of thiophene rings is 1. The third-order valence-corrected chi connectivity index (χ3v) is 6.07. The summed E-state index contributed by atoms with van der Waals surface area (Å²) in [5.74, 6) is 0.335. The smallest absolute Gasteiger partial charge is 0.0513 e. The first kappa shape index (κ1) is 18.1. The van der Waals surface area contributed by atoms with E-state index in [2.05, 4.69) is 68.7 Å². The highest BCUT2D eigenvalue weighted by Gasteiger charge is 2.36. The minimum Gasteiger partial charge on any atom is -0.396 e. The molecule has 0 radical (unpaired) electrons. The molecule has 132 valence electrons. The standard InChI is InChI=1S/C22H27NOS/c1-16-22(2,3)20-15-17(10-12-19-8-6-14-25-19)9-11-18(21(20)23-16)7-4-5-13-24/h6,8-12,14-15,18,24H,4-5,7,13H2,1-3H3/b12-10+. The Hall–Kier alpha value is -1.71. The van der Waals surface area contributed by atoms with Gasteiger partial charge in [-0.3, -0.25) is 4.99 Å². The Morgan fingerprint density at radius 1 is 1.28 bits per heavy atom. The molecule has 0 spiro atoms. The van der Waals surface area contributed by atoms with Crippen LogP contribution < -0.4 is 0 Å². The van der Waals surface area contributed by atoms with Crippen molar-refractivity contribution in [3.8, 4) is 0 Å². The van der Waals surface area contributed by atoms with E-state index >= 15 is 0 Å². The van der Waals surface area contributed by atoms with Gasteiger partial charge in [0.05, 0.1) is 5.70 Å². The molecule has 3 heteroatoms. The predicted octanol–water partition coefficient (Wildman–Crippen LogP) is 5.79. The first-order chi connectivity index (χ1) is 12.0. The van der Waals surface area contributed by atoms with E-state index in [0.717, 1.165) is 19.3 Å². The third-order valence-electron chi connectivity index (χ3n) is 5.23. The molecule has 0 fully saturated rings. The quantitative estimate of drug-likeness (QED) is 0.645. The highest BCUT2D eigenvalue weighted by Crippen LogP contribution is 2.44. The maximum atomic E-state index is 9.09. The summed E-state index contributed by atoms with van der Waals surface area (Å²) in [6.45, 7) is 6.93. The first-order valence-corrected chi connectivity index (χ1v) is 9.93. The monoisotopic (exact) mass is 353 g/mol. The Bertz CT molecular complexity index is 760. The molecule has 1 aliphatic carbocycles. The number of unbranched alkanes of at least 4 members (excludes halogenated alkanes) is 1. The van der Waals surface area contributed by atoms with E-state index in [-0.39, 0.29) is 12.0 Å². The van der Waals surface area contributed by atoms with E-state index in [0.29, 0.717) is 5.92 Å². The number of aliphatic imine (C=N–C) groups is 1. The summed E-state index contributed by atoms with van der Waals surface area (Å²) in [4.78, 5) is 6.21. The number of nitrogens with zero attached hydrogens (tertiary/aromatic N) is 1. The Labute approximate surface area is 155 Å². The summed E-state index contributed by atoms with van der Waals surface area (Å²) in [7, 11) is 0. The maximum absolute atomic E-state index is 9.09. The second-order valence-corrected chi connectivity index (χ2v) is 8.28. The molecule has 0 saturated heterocycles.